The molecule has 13 nitrogen and oxygen atoms in total. The van der Waals surface area contributed by atoms with E-state index in [4.69, 9.17) is 18.5 Å². The zero-order valence-electron chi connectivity index (χ0n) is 27.9. The maximum Gasteiger partial charge on any atom is 0.472 e. The molecule has 0 saturated heterocycles. The molecule has 0 spiro atoms. The van der Waals surface area contributed by atoms with Crippen molar-refractivity contribution in [2.45, 2.75) is 179 Å². The van der Waals surface area contributed by atoms with Crippen LogP contribution in [0.1, 0.15) is 136 Å². The number of phosphoric ester groups is 1. The Kier molecular flexibility index (Phi) is 23.2. The third-order valence-corrected chi connectivity index (χ3v) is 9.18. The van der Waals surface area contributed by atoms with Crippen molar-refractivity contribution in [2.75, 3.05) is 13.2 Å². The Morgan fingerprint density at radius 2 is 0.978 bits per heavy atom. The first-order valence-corrected chi connectivity index (χ1v) is 18.8. The molecule has 272 valence electrons. The lowest BCUT2D eigenvalue weighted by molar-refractivity contribution is -0.220. The van der Waals surface area contributed by atoms with Crippen LogP contribution in [0.25, 0.3) is 0 Å². The van der Waals surface area contributed by atoms with Gasteiger partial charge in [-0.05, 0) is 12.8 Å². The fourth-order valence-electron chi connectivity index (χ4n) is 5.29. The predicted octanol–water partition coefficient (Wildman–Crippen LogP) is 4.21. The molecule has 0 aromatic carbocycles. The Morgan fingerprint density at radius 1 is 0.587 bits per heavy atom. The number of aliphatic hydroxyl groups excluding tert-OH is 5. The van der Waals surface area contributed by atoms with Crippen LogP contribution in [-0.4, -0.2) is 98.3 Å². The van der Waals surface area contributed by atoms with Gasteiger partial charge in [0.2, 0.25) is 0 Å². The summed E-state index contributed by atoms with van der Waals surface area (Å²) < 4.78 is 33.1. The summed E-state index contributed by atoms with van der Waals surface area (Å²) in [6.45, 7) is 3.17. The standard InChI is InChI=1S/C32H61O13P/c1-3-5-7-9-11-12-13-15-17-19-21-26(34)44-24(22-42-25(33)20-18-16-14-10-8-6-4-2)23-43-46(40,41)45-32-30(38)28(36)27(35)29(37)31(32)39/h24,27-32,35-39H,3-23H2,1-2H3,(H,40,41). The van der Waals surface area contributed by atoms with Gasteiger partial charge in [-0.3, -0.25) is 18.6 Å². The van der Waals surface area contributed by atoms with Gasteiger partial charge in [-0.1, -0.05) is 110 Å². The highest BCUT2D eigenvalue weighted by molar-refractivity contribution is 7.47. The number of ether oxygens (including phenoxy) is 2. The molecule has 0 aromatic heterocycles. The molecule has 0 aromatic rings. The second-order valence-electron chi connectivity index (χ2n) is 12.4. The maximum absolute atomic E-state index is 12.7. The number of carbonyl (C=O) groups is 2. The minimum Gasteiger partial charge on any atom is -0.462 e. The predicted molar refractivity (Wildman–Crippen MR) is 171 cm³/mol. The first kappa shape index (κ1) is 42.9. The van der Waals surface area contributed by atoms with Crippen LogP contribution in [-0.2, 0) is 32.7 Å². The van der Waals surface area contributed by atoms with Crippen molar-refractivity contribution in [1.29, 1.82) is 0 Å². The summed E-state index contributed by atoms with van der Waals surface area (Å²) in [5.41, 5.74) is 0. The minimum absolute atomic E-state index is 0.102. The number of hydrogen-bond donors (Lipinski definition) is 6. The number of carbonyl (C=O) groups excluding carboxylic acids is 2. The average Bonchev–Trinajstić information content (AvgIpc) is 3.03. The van der Waals surface area contributed by atoms with Crippen molar-refractivity contribution < 1.29 is 63.1 Å². The molecule has 0 radical (unpaired) electrons. The van der Waals surface area contributed by atoms with Crippen molar-refractivity contribution in [2.24, 2.45) is 0 Å². The highest BCUT2D eigenvalue weighted by Crippen LogP contribution is 2.47. The van der Waals surface area contributed by atoms with E-state index in [-0.39, 0.29) is 12.8 Å². The Balaban J connectivity index is 2.60. The fourth-order valence-corrected chi connectivity index (χ4v) is 6.26. The third kappa shape index (κ3) is 18.4. The van der Waals surface area contributed by atoms with Crippen LogP contribution < -0.4 is 0 Å². The summed E-state index contributed by atoms with van der Waals surface area (Å²) in [5, 5.41) is 49.7. The van der Waals surface area contributed by atoms with Gasteiger partial charge >= 0.3 is 19.8 Å². The summed E-state index contributed by atoms with van der Waals surface area (Å²) in [7, 11) is -5.09. The molecule has 1 saturated carbocycles. The molecule has 1 aliphatic carbocycles. The van der Waals surface area contributed by atoms with E-state index in [0.29, 0.717) is 12.8 Å². The number of hydrogen-bond acceptors (Lipinski definition) is 12. The van der Waals surface area contributed by atoms with Crippen molar-refractivity contribution in [3.63, 3.8) is 0 Å². The summed E-state index contributed by atoms with van der Waals surface area (Å²) in [6.07, 6.45) is 5.14. The average molecular weight is 685 g/mol. The van der Waals surface area contributed by atoms with E-state index in [0.717, 1.165) is 57.8 Å². The molecular formula is C32H61O13P. The van der Waals surface area contributed by atoms with Crippen molar-refractivity contribution >= 4 is 19.8 Å². The molecule has 0 aliphatic heterocycles. The van der Waals surface area contributed by atoms with E-state index < -0.39 is 75.7 Å². The largest absolute Gasteiger partial charge is 0.472 e. The molecular weight excluding hydrogens is 623 g/mol. The van der Waals surface area contributed by atoms with Gasteiger partial charge in [0.25, 0.3) is 0 Å². The van der Waals surface area contributed by atoms with Crippen LogP contribution in [0.4, 0.5) is 0 Å². The van der Waals surface area contributed by atoms with Crippen molar-refractivity contribution in [3.05, 3.63) is 0 Å². The lowest BCUT2D eigenvalue weighted by Gasteiger charge is -2.41. The SMILES string of the molecule is CCCCCCCCCCCCC(=O)OC(COC(=O)CCCCCCCCC)COP(=O)(O)OC1C(O)C(O)C(O)C(O)C1O. The topological polar surface area (TPSA) is 210 Å². The highest BCUT2D eigenvalue weighted by Gasteiger charge is 2.51. The first-order chi connectivity index (χ1) is 21.9. The molecule has 0 bridgehead atoms. The lowest BCUT2D eigenvalue weighted by atomic mass is 9.85. The van der Waals surface area contributed by atoms with Crippen LogP contribution in [0.15, 0.2) is 0 Å². The quantitative estimate of drug-likeness (QED) is 0.0407. The Morgan fingerprint density at radius 3 is 1.43 bits per heavy atom. The minimum atomic E-state index is -5.09. The molecule has 6 atom stereocenters. The van der Waals surface area contributed by atoms with Crippen LogP contribution >= 0.6 is 7.82 Å². The molecule has 0 heterocycles. The molecule has 1 aliphatic rings. The van der Waals surface area contributed by atoms with Gasteiger partial charge < -0.3 is 39.9 Å². The van der Waals surface area contributed by atoms with E-state index in [2.05, 4.69) is 13.8 Å². The van der Waals surface area contributed by atoms with E-state index in [9.17, 15) is 44.6 Å². The monoisotopic (exact) mass is 684 g/mol. The second-order valence-corrected chi connectivity index (χ2v) is 13.8. The van der Waals surface area contributed by atoms with Gasteiger partial charge in [-0.2, -0.15) is 0 Å². The molecule has 1 rings (SSSR count). The van der Waals surface area contributed by atoms with Gasteiger partial charge in [0.1, 0.15) is 43.2 Å². The van der Waals surface area contributed by atoms with Crippen molar-refractivity contribution in [3.8, 4) is 0 Å². The third-order valence-electron chi connectivity index (χ3n) is 8.20. The smallest absolute Gasteiger partial charge is 0.462 e. The molecule has 6 N–H and O–H groups in total. The van der Waals surface area contributed by atoms with Crippen LogP contribution in [0.5, 0.6) is 0 Å². The summed E-state index contributed by atoms with van der Waals surface area (Å²) in [5.74, 6) is -1.11. The molecule has 0 amide bonds. The number of rotatable bonds is 27. The summed E-state index contributed by atoms with van der Waals surface area (Å²) in [4.78, 5) is 35.1. The van der Waals surface area contributed by atoms with Gasteiger partial charge in [-0.15, -0.1) is 0 Å². The van der Waals surface area contributed by atoms with E-state index in [1.165, 1.54) is 38.5 Å². The number of esters is 2. The van der Waals surface area contributed by atoms with Crippen LogP contribution in [0.2, 0.25) is 0 Å². The first-order valence-electron chi connectivity index (χ1n) is 17.3. The van der Waals surface area contributed by atoms with Gasteiger partial charge in [0, 0.05) is 12.8 Å². The fraction of sp³-hybridized carbons (Fsp3) is 0.938. The van der Waals surface area contributed by atoms with Gasteiger partial charge in [0.15, 0.2) is 6.10 Å². The zero-order chi connectivity index (χ0) is 34.4. The number of phosphoric acid groups is 1. The van der Waals surface area contributed by atoms with Crippen molar-refractivity contribution in [1.82, 2.24) is 0 Å². The highest BCUT2D eigenvalue weighted by atomic mass is 31.2. The zero-order valence-corrected chi connectivity index (χ0v) is 28.8. The Labute approximate surface area is 274 Å². The summed E-state index contributed by atoms with van der Waals surface area (Å²) >= 11 is 0. The Bertz CT molecular complexity index is 844. The normalized spacial score (nSPS) is 25.1. The van der Waals surface area contributed by atoms with E-state index in [1.54, 1.807) is 0 Å². The molecule has 1 fully saturated rings. The Hall–Kier alpha value is -1.15. The number of aliphatic hydroxyl groups is 5. The van der Waals surface area contributed by atoms with E-state index in [1.807, 2.05) is 0 Å². The molecule has 46 heavy (non-hydrogen) atoms. The van der Waals surface area contributed by atoms with Crippen LogP contribution in [0, 0.1) is 0 Å². The summed E-state index contributed by atoms with van der Waals surface area (Å²) in [6, 6.07) is 0. The van der Waals surface area contributed by atoms with Crippen LogP contribution in [0.3, 0.4) is 0 Å². The number of unbranched alkanes of at least 4 members (excludes halogenated alkanes) is 15. The second kappa shape index (κ2) is 24.9. The lowest BCUT2D eigenvalue weighted by Crippen LogP contribution is -2.64. The van der Waals surface area contributed by atoms with E-state index >= 15 is 0 Å². The van der Waals surface area contributed by atoms with Gasteiger partial charge in [-0.25, -0.2) is 4.57 Å². The van der Waals surface area contributed by atoms with Gasteiger partial charge in [0.05, 0.1) is 6.61 Å². The molecule has 6 unspecified atom stereocenters. The maximum atomic E-state index is 12.7. The molecule has 14 heteroatoms.